The first-order valence-electron chi connectivity index (χ1n) is 10.6. The lowest BCUT2D eigenvalue weighted by atomic mass is 10.0. The Morgan fingerprint density at radius 2 is 1.13 bits per heavy atom. The molecule has 0 aliphatic heterocycles. The van der Waals surface area contributed by atoms with Gasteiger partial charge in [0.15, 0.2) is 0 Å². The standard InChI is InChI=1S/C27H27N3/c1(7-22-10-14-24(15-11-22)26-8-2-5-19-29-26)4-18-28-21-23-12-16-25(17-13-23)27-9-3-6-20-30-27/h2-3,5-6,8-17,19-20,28H,1,4,7,18,21H2. The molecule has 3 heteroatoms. The van der Waals surface area contributed by atoms with Gasteiger partial charge in [-0.15, -0.1) is 0 Å². The number of rotatable bonds is 9. The van der Waals surface area contributed by atoms with E-state index >= 15 is 0 Å². The van der Waals surface area contributed by atoms with E-state index in [0.717, 1.165) is 36.5 Å². The molecule has 0 unspecified atom stereocenters. The van der Waals surface area contributed by atoms with Gasteiger partial charge in [0.2, 0.25) is 0 Å². The molecule has 30 heavy (non-hydrogen) atoms. The maximum absolute atomic E-state index is 4.41. The maximum atomic E-state index is 4.41. The Labute approximate surface area is 178 Å². The van der Waals surface area contributed by atoms with Crippen molar-refractivity contribution >= 4 is 0 Å². The number of aromatic nitrogens is 2. The summed E-state index contributed by atoms with van der Waals surface area (Å²) in [5, 5.41) is 3.55. The fourth-order valence-electron chi connectivity index (χ4n) is 3.51. The Morgan fingerprint density at radius 1 is 0.567 bits per heavy atom. The second-order valence-corrected chi connectivity index (χ2v) is 7.46. The minimum atomic E-state index is 0.904. The second-order valence-electron chi connectivity index (χ2n) is 7.46. The fourth-order valence-corrected chi connectivity index (χ4v) is 3.51. The Bertz CT molecular complexity index is 924. The van der Waals surface area contributed by atoms with Crippen LogP contribution in [0, 0.1) is 0 Å². The maximum Gasteiger partial charge on any atom is 0.0701 e. The zero-order valence-corrected chi connectivity index (χ0v) is 17.2. The largest absolute Gasteiger partial charge is 0.313 e. The minimum absolute atomic E-state index is 0.904. The lowest BCUT2D eigenvalue weighted by Gasteiger charge is -2.07. The predicted octanol–water partition coefficient (Wildman–Crippen LogP) is 5.92. The van der Waals surface area contributed by atoms with Crippen LogP contribution in [0.1, 0.15) is 24.0 Å². The molecule has 0 aliphatic rings. The molecule has 0 atom stereocenters. The Kier molecular flexibility index (Phi) is 6.98. The number of nitrogens with zero attached hydrogens (tertiary/aromatic N) is 2. The van der Waals surface area contributed by atoms with E-state index in [0.29, 0.717) is 0 Å². The molecule has 3 nitrogen and oxygen atoms in total. The summed E-state index contributed by atoms with van der Waals surface area (Å²) in [4.78, 5) is 8.81. The van der Waals surface area contributed by atoms with Gasteiger partial charge in [0.1, 0.15) is 0 Å². The van der Waals surface area contributed by atoms with E-state index in [1.807, 2.05) is 48.8 Å². The number of nitrogens with one attached hydrogen (secondary N) is 1. The van der Waals surface area contributed by atoms with Crippen LogP contribution in [0.3, 0.4) is 0 Å². The van der Waals surface area contributed by atoms with Crippen LogP contribution in [0.2, 0.25) is 0 Å². The van der Waals surface area contributed by atoms with E-state index in [2.05, 4.69) is 63.8 Å². The molecule has 4 rings (SSSR count). The van der Waals surface area contributed by atoms with E-state index in [4.69, 9.17) is 0 Å². The van der Waals surface area contributed by atoms with E-state index < -0.39 is 0 Å². The van der Waals surface area contributed by atoms with Gasteiger partial charge < -0.3 is 5.32 Å². The van der Waals surface area contributed by atoms with Gasteiger partial charge in [-0.05, 0) is 61.2 Å². The third-order valence-corrected chi connectivity index (χ3v) is 5.23. The normalized spacial score (nSPS) is 10.8. The topological polar surface area (TPSA) is 37.8 Å². The van der Waals surface area contributed by atoms with Gasteiger partial charge in [0, 0.05) is 30.1 Å². The Balaban J connectivity index is 1.15. The van der Waals surface area contributed by atoms with E-state index in [-0.39, 0.29) is 0 Å². The SMILES string of the molecule is c1ccc(-c2ccc(CCCCNCc3ccc(-c4ccccn4)cc3)cc2)nc1. The summed E-state index contributed by atoms with van der Waals surface area (Å²) in [5.41, 5.74) is 7.08. The van der Waals surface area contributed by atoms with Gasteiger partial charge in [-0.25, -0.2) is 0 Å². The van der Waals surface area contributed by atoms with Crippen LogP contribution < -0.4 is 5.32 Å². The molecular weight excluding hydrogens is 366 g/mol. The van der Waals surface area contributed by atoms with Crippen LogP contribution in [0.25, 0.3) is 22.5 Å². The van der Waals surface area contributed by atoms with Crippen molar-refractivity contribution in [1.29, 1.82) is 0 Å². The first-order chi connectivity index (χ1) is 14.9. The van der Waals surface area contributed by atoms with Crippen molar-refractivity contribution < 1.29 is 0 Å². The summed E-state index contributed by atoms with van der Waals surface area (Å²) in [7, 11) is 0. The zero-order chi connectivity index (χ0) is 20.4. The summed E-state index contributed by atoms with van der Waals surface area (Å²) < 4.78 is 0. The summed E-state index contributed by atoms with van der Waals surface area (Å²) in [6.45, 7) is 1.94. The number of unbranched alkanes of at least 4 members (excludes halogenated alkanes) is 1. The van der Waals surface area contributed by atoms with Crippen molar-refractivity contribution in [1.82, 2.24) is 15.3 Å². The van der Waals surface area contributed by atoms with E-state index in [1.54, 1.807) is 0 Å². The number of hydrogen-bond acceptors (Lipinski definition) is 3. The minimum Gasteiger partial charge on any atom is -0.313 e. The lowest BCUT2D eigenvalue weighted by molar-refractivity contribution is 0.623. The molecule has 0 saturated heterocycles. The second kappa shape index (κ2) is 10.5. The molecular formula is C27H27N3. The van der Waals surface area contributed by atoms with Crippen LogP contribution >= 0.6 is 0 Å². The zero-order valence-electron chi connectivity index (χ0n) is 17.2. The summed E-state index contributed by atoms with van der Waals surface area (Å²) in [5.74, 6) is 0. The molecule has 0 saturated carbocycles. The van der Waals surface area contributed by atoms with Crippen molar-refractivity contribution in [2.24, 2.45) is 0 Å². The van der Waals surface area contributed by atoms with Crippen molar-refractivity contribution in [3.8, 4) is 22.5 Å². The first kappa shape index (κ1) is 20.0. The summed E-state index contributed by atoms with van der Waals surface area (Å²) in [6, 6.07) is 29.5. The average Bonchev–Trinajstić information content (AvgIpc) is 2.83. The van der Waals surface area contributed by atoms with E-state index in [1.165, 1.54) is 29.5 Å². The molecule has 0 bridgehead atoms. The summed E-state index contributed by atoms with van der Waals surface area (Å²) >= 11 is 0. The number of hydrogen-bond donors (Lipinski definition) is 1. The van der Waals surface area contributed by atoms with Gasteiger partial charge in [0.25, 0.3) is 0 Å². The van der Waals surface area contributed by atoms with Gasteiger partial charge >= 0.3 is 0 Å². The molecule has 2 heterocycles. The quantitative estimate of drug-likeness (QED) is 0.359. The third-order valence-electron chi connectivity index (χ3n) is 5.23. The highest BCUT2D eigenvalue weighted by molar-refractivity contribution is 5.59. The molecule has 0 aliphatic carbocycles. The molecule has 0 radical (unpaired) electrons. The number of aryl methyl sites for hydroxylation is 1. The van der Waals surface area contributed by atoms with Crippen molar-refractivity contribution in [3.05, 3.63) is 108 Å². The number of pyridine rings is 2. The van der Waals surface area contributed by atoms with Gasteiger partial charge in [-0.1, -0.05) is 60.7 Å². The predicted molar refractivity (Wildman–Crippen MR) is 124 cm³/mol. The van der Waals surface area contributed by atoms with Gasteiger partial charge in [-0.2, -0.15) is 0 Å². The number of benzene rings is 2. The lowest BCUT2D eigenvalue weighted by Crippen LogP contribution is -2.14. The van der Waals surface area contributed by atoms with Crippen LogP contribution in [0.5, 0.6) is 0 Å². The molecule has 0 spiro atoms. The highest BCUT2D eigenvalue weighted by atomic mass is 14.8. The van der Waals surface area contributed by atoms with Crippen LogP contribution in [0.4, 0.5) is 0 Å². The highest BCUT2D eigenvalue weighted by Gasteiger charge is 2.00. The first-order valence-corrected chi connectivity index (χ1v) is 10.6. The molecule has 4 aromatic rings. The molecule has 150 valence electrons. The van der Waals surface area contributed by atoms with Crippen LogP contribution in [-0.4, -0.2) is 16.5 Å². The van der Waals surface area contributed by atoms with Gasteiger partial charge in [-0.3, -0.25) is 9.97 Å². The van der Waals surface area contributed by atoms with Crippen LogP contribution in [0.15, 0.2) is 97.3 Å². The summed E-state index contributed by atoms with van der Waals surface area (Å²) in [6.07, 6.45) is 7.15. The molecule has 0 fully saturated rings. The monoisotopic (exact) mass is 393 g/mol. The van der Waals surface area contributed by atoms with E-state index in [9.17, 15) is 0 Å². The Morgan fingerprint density at radius 3 is 1.67 bits per heavy atom. The molecule has 0 amide bonds. The van der Waals surface area contributed by atoms with Crippen molar-refractivity contribution in [2.75, 3.05) is 6.54 Å². The fraction of sp³-hybridized carbons (Fsp3) is 0.185. The molecule has 2 aromatic carbocycles. The van der Waals surface area contributed by atoms with Crippen molar-refractivity contribution in [3.63, 3.8) is 0 Å². The van der Waals surface area contributed by atoms with Crippen LogP contribution in [-0.2, 0) is 13.0 Å². The smallest absolute Gasteiger partial charge is 0.0701 e. The molecule has 1 N–H and O–H groups in total. The molecule has 2 aromatic heterocycles. The third kappa shape index (κ3) is 5.62. The Hall–Kier alpha value is -3.30. The average molecular weight is 394 g/mol. The van der Waals surface area contributed by atoms with Crippen molar-refractivity contribution in [2.45, 2.75) is 25.8 Å². The highest BCUT2D eigenvalue weighted by Crippen LogP contribution is 2.18. The van der Waals surface area contributed by atoms with Gasteiger partial charge in [0.05, 0.1) is 11.4 Å².